The molecule has 1 fully saturated rings. The van der Waals surface area contributed by atoms with Gasteiger partial charge in [0.15, 0.2) is 0 Å². The van der Waals surface area contributed by atoms with Crippen molar-refractivity contribution in [3.05, 3.63) is 53.3 Å². The topological polar surface area (TPSA) is 70.2 Å². The fourth-order valence-corrected chi connectivity index (χ4v) is 3.17. The average Bonchev–Trinajstić information content (AvgIpc) is 2.69. The highest BCUT2D eigenvalue weighted by Crippen LogP contribution is 2.23. The Kier molecular flexibility index (Phi) is 5.60. The first-order chi connectivity index (χ1) is 12.2. The smallest absolute Gasteiger partial charge is 0.253 e. The van der Waals surface area contributed by atoms with E-state index in [4.69, 9.17) is 0 Å². The van der Waals surface area contributed by atoms with E-state index in [0.717, 1.165) is 18.7 Å². The summed E-state index contributed by atoms with van der Waals surface area (Å²) in [6.45, 7) is 2.61. The van der Waals surface area contributed by atoms with Gasteiger partial charge in [-0.1, -0.05) is 12.1 Å². The summed E-state index contributed by atoms with van der Waals surface area (Å²) >= 11 is 0. The van der Waals surface area contributed by atoms with Crippen molar-refractivity contribution in [1.82, 2.24) is 20.2 Å². The number of rotatable bonds is 5. The van der Waals surface area contributed by atoms with E-state index in [-0.39, 0.29) is 5.91 Å². The van der Waals surface area contributed by atoms with Gasteiger partial charge in [-0.15, -0.1) is 0 Å². The number of aromatic nitrogens is 2. The van der Waals surface area contributed by atoms with Crippen molar-refractivity contribution in [2.24, 2.45) is 0 Å². The molecule has 3 rings (SSSR count). The molecule has 0 spiro atoms. The third-order valence-electron chi connectivity index (χ3n) is 4.62. The summed E-state index contributed by atoms with van der Waals surface area (Å²) in [6, 6.07) is 8.04. The lowest BCUT2D eigenvalue weighted by molar-refractivity contribution is 0.0785. The molecule has 25 heavy (non-hydrogen) atoms. The monoisotopic (exact) mass is 339 g/mol. The minimum absolute atomic E-state index is 0.00557. The van der Waals surface area contributed by atoms with Gasteiger partial charge in [-0.2, -0.15) is 0 Å². The molecule has 0 saturated carbocycles. The van der Waals surface area contributed by atoms with Crippen molar-refractivity contribution in [3.8, 4) is 0 Å². The van der Waals surface area contributed by atoms with Crippen LogP contribution in [0.4, 0.5) is 5.95 Å². The molecule has 1 aromatic heterocycles. The van der Waals surface area contributed by atoms with Crippen LogP contribution < -0.4 is 10.6 Å². The van der Waals surface area contributed by atoms with E-state index in [1.54, 1.807) is 31.4 Å². The Morgan fingerprint density at radius 3 is 2.60 bits per heavy atom. The standard InChI is InChI=1S/C19H25N5O/c1-20-19-22-10-14(11-23-19)13-24(2)18(25)16-7-5-15(6-8-16)17-4-3-9-21-12-17/h5-8,10-11,17,21H,3-4,9,12-13H2,1-2H3,(H,20,22,23)/t17-/m0/s1. The molecular weight excluding hydrogens is 314 g/mol. The van der Waals surface area contributed by atoms with E-state index in [0.29, 0.717) is 24.0 Å². The van der Waals surface area contributed by atoms with Gasteiger partial charge in [0, 0.05) is 50.7 Å². The number of carbonyl (C=O) groups is 1. The van der Waals surface area contributed by atoms with Crippen molar-refractivity contribution in [1.29, 1.82) is 0 Å². The van der Waals surface area contributed by atoms with Crippen LogP contribution in [0.3, 0.4) is 0 Å². The number of nitrogens with one attached hydrogen (secondary N) is 2. The van der Waals surface area contributed by atoms with Crippen molar-refractivity contribution < 1.29 is 4.79 Å². The van der Waals surface area contributed by atoms with Crippen molar-refractivity contribution >= 4 is 11.9 Å². The van der Waals surface area contributed by atoms with Crippen molar-refractivity contribution in [2.75, 3.05) is 32.5 Å². The van der Waals surface area contributed by atoms with Crippen molar-refractivity contribution in [3.63, 3.8) is 0 Å². The van der Waals surface area contributed by atoms with E-state index < -0.39 is 0 Å². The predicted molar refractivity (Wildman–Crippen MR) is 98.7 cm³/mol. The van der Waals surface area contributed by atoms with E-state index in [1.165, 1.54) is 18.4 Å². The predicted octanol–water partition coefficient (Wildman–Crippen LogP) is 2.26. The lowest BCUT2D eigenvalue weighted by Crippen LogP contribution is -2.28. The maximum absolute atomic E-state index is 12.6. The average molecular weight is 339 g/mol. The molecule has 6 heteroatoms. The quantitative estimate of drug-likeness (QED) is 0.874. The Morgan fingerprint density at radius 2 is 2.00 bits per heavy atom. The Labute approximate surface area is 148 Å². The second-order valence-corrected chi connectivity index (χ2v) is 6.49. The highest BCUT2D eigenvalue weighted by atomic mass is 16.2. The van der Waals surface area contributed by atoms with Gasteiger partial charge in [0.25, 0.3) is 5.91 Å². The third-order valence-corrected chi connectivity index (χ3v) is 4.62. The van der Waals surface area contributed by atoms with Gasteiger partial charge >= 0.3 is 0 Å². The molecule has 2 aromatic rings. The van der Waals surface area contributed by atoms with Crippen LogP contribution in [0.15, 0.2) is 36.7 Å². The number of hydrogen-bond acceptors (Lipinski definition) is 5. The van der Waals surface area contributed by atoms with Gasteiger partial charge in [0.2, 0.25) is 5.95 Å². The number of hydrogen-bond donors (Lipinski definition) is 2. The molecule has 1 atom stereocenters. The molecule has 1 aliphatic rings. The summed E-state index contributed by atoms with van der Waals surface area (Å²) in [5.41, 5.74) is 2.92. The Morgan fingerprint density at radius 1 is 1.28 bits per heavy atom. The Bertz CT molecular complexity index is 693. The second kappa shape index (κ2) is 8.07. The van der Waals surface area contributed by atoms with E-state index in [2.05, 4.69) is 32.7 Å². The van der Waals surface area contributed by atoms with Gasteiger partial charge in [-0.3, -0.25) is 4.79 Å². The molecule has 132 valence electrons. The van der Waals surface area contributed by atoms with Crippen LogP contribution in [0.1, 0.15) is 40.2 Å². The fraction of sp³-hybridized carbons (Fsp3) is 0.421. The number of carbonyl (C=O) groups excluding carboxylic acids is 1. The number of amides is 1. The molecule has 1 aromatic carbocycles. The molecule has 0 bridgehead atoms. The first-order valence-electron chi connectivity index (χ1n) is 8.72. The minimum atomic E-state index is 0.00557. The van der Waals surface area contributed by atoms with Gasteiger partial charge in [-0.25, -0.2) is 9.97 Å². The summed E-state index contributed by atoms with van der Waals surface area (Å²) in [4.78, 5) is 22.7. The zero-order valence-corrected chi connectivity index (χ0v) is 14.8. The molecule has 2 N–H and O–H groups in total. The van der Waals surface area contributed by atoms with Gasteiger partial charge in [0.05, 0.1) is 0 Å². The molecule has 6 nitrogen and oxygen atoms in total. The molecule has 1 saturated heterocycles. The molecule has 2 heterocycles. The van der Waals surface area contributed by atoms with Crippen LogP contribution in [0, 0.1) is 0 Å². The second-order valence-electron chi connectivity index (χ2n) is 6.49. The van der Waals surface area contributed by atoms with E-state index in [1.807, 2.05) is 12.1 Å². The number of nitrogens with zero attached hydrogens (tertiary/aromatic N) is 3. The zero-order valence-electron chi connectivity index (χ0n) is 14.8. The molecular formula is C19H25N5O. The van der Waals surface area contributed by atoms with Crippen molar-refractivity contribution in [2.45, 2.75) is 25.3 Å². The molecule has 1 aliphatic heterocycles. The van der Waals surface area contributed by atoms with Crippen LogP contribution in [-0.2, 0) is 6.54 Å². The summed E-state index contributed by atoms with van der Waals surface area (Å²) < 4.78 is 0. The maximum atomic E-state index is 12.6. The van der Waals surface area contributed by atoms with Gasteiger partial charge in [-0.05, 0) is 43.0 Å². The SMILES string of the molecule is CNc1ncc(CN(C)C(=O)c2ccc([C@H]3CCCNC3)cc2)cn1. The lowest BCUT2D eigenvalue weighted by atomic mass is 9.91. The lowest BCUT2D eigenvalue weighted by Gasteiger charge is -2.23. The number of piperidine rings is 1. The summed E-state index contributed by atoms with van der Waals surface area (Å²) in [7, 11) is 3.57. The van der Waals surface area contributed by atoms with Gasteiger partial charge in [0.1, 0.15) is 0 Å². The normalized spacial score (nSPS) is 17.1. The third kappa shape index (κ3) is 4.33. The zero-order chi connectivity index (χ0) is 17.6. The van der Waals surface area contributed by atoms with Crippen LogP contribution in [0.25, 0.3) is 0 Å². The number of benzene rings is 1. The highest BCUT2D eigenvalue weighted by Gasteiger charge is 2.17. The van der Waals surface area contributed by atoms with Crippen LogP contribution >= 0.6 is 0 Å². The van der Waals surface area contributed by atoms with E-state index in [9.17, 15) is 4.79 Å². The number of anilines is 1. The fourth-order valence-electron chi connectivity index (χ4n) is 3.17. The minimum Gasteiger partial charge on any atom is -0.357 e. The van der Waals surface area contributed by atoms with Crippen LogP contribution in [0.2, 0.25) is 0 Å². The van der Waals surface area contributed by atoms with Gasteiger partial charge < -0.3 is 15.5 Å². The molecule has 1 amide bonds. The Balaban J connectivity index is 1.62. The summed E-state index contributed by atoms with van der Waals surface area (Å²) in [5, 5.41) is 6.31. The highest BCUT2D eigenvalue weighted by molar-refractivity contribution is 5.94. The van der Waals surface area contributed by atoms with Crippen LogP contribution in [-0.4, -0.2) is 48.0 Å². The largest absolute Gasteiger partial charge is 0.357 e. The molecule has 0 unspecified atom stereocenters. The molecule has 0 aliphatic carbocycles. The first kappa shape index (κ1) is 17.4. The van der Waals surface area contributed by atoms with Crippen LogP contribution in [0.5, 0.6) is 0 Å². The van der Waals surface area contributed by atoms with E-state index >= 15 is 0 Å². The Hall–Kier alpha value is -2.47. The maximum Gasteiger partial charge on any atom is 0.253 e. The molecule has 0 radical (unpaired) electrons. The summed E-state index contributed by atoms with van der Waals surface area (Å²) in [5.74, 6) is 1.13. The first-order valence-corrected chi connectivity index (χ1v) is 8.72. The summed E-state index contributed by atoms with van der Waals surface area (Å²) in [6.07, 6.45) is 5.90.